The summed E-state index contributed by atoms with van der Waals surface area (Å²) < 4.78 is 1.08. The van der Waals surface area contributed by atoms with Crippen LogP contribution in [-0.4, -0.2) is 17.4 Å². The Morgan fingerprint density at radius 1 is 1.27 bits per heavy atom. The van der Waals surface area contributed by atoms with Crippen LogP contribution in [0.3, 0.4) is 0 Å². The quantitative estimate of drug-likeness (QED) is 0.730. The molecule has 0 saturated carbocycles. The number of aryl methyl sites for hydroxylation is 1. The monoisotopic (exact) mass is 355 g/mol. The summed E-state index contributed by atoms with van der Waals surface area (Å²) in [4.78, 5) is 14.0. The Bertz CT molecular complexity index is 738. The molecule has 3 heteroatoms. The van der Waals surface area contributed by atoms with E-state index in [2.05, 4.69) is 65.8 Å². The van der Waals surface area contributed by atoms with Crippen LogP contribution in [0.25, 0.3) is 0 Å². The standard InChI is InChI=1S/C19H18BrNO/c1-3-19(22)21-11-14-8-9-15(20)10-17(14)18(12-21)16-7-5-4-6-13(16)2/h3-10,18H,1,11-12H2,2H3/t18-/m0/s1. The molecule has 112 valence electrons. The maximum Gasteiger partial charge on any atom is 0.246 e. The van der Waals surface area contributed by atoms with Gasteiger partial charge in [-0.15, -0.1) is 0 Å². The van der Waals surface area contributed by atoms with Crippen molar-refractivity contribution in [1.29, 1.82) is 0 Å². The molecule has 0 N–H and O–H groups in total. The third-order valence-electron chi connectivity index (χ3n) is 4.30. The van der Waals surface area contributed by atoms with Crippen molar-refractivity contribution in [2.75, 3.05) is 6.54 Å². The highest BCUT2D eigenvalue weighted by Crippen LogP contribution is 2.36. The number of rotatable bonds is 2. The largest absolute Gasteiger partial charge is 0.334 e. The zero-order valence-corrected chi connectivity index (χ0v) is 14.1. The number of amides is 1. The van der Waals surface area contributed by atoms with E-state index in [-0.39, 0.29) is 11.8 Å². The van der Waals surface area contributed by atoms with Crippen molar-refractivity contribution >= 4 is 21.8 Å². The topological polar surface area (TPSA) is 20.3 Å². The molecule has 1 aliphatic rings. The van der Waals surface area contributed by atoms with Crippen LogP contribution < -0.4 is 0 Å². The predicted octanol–water partition coefficient (Wildman–Crippen LogP) is 4.42. The fourth-order valence-corrected chi connectivity index (χ4v) is 3.54. The lowest BCUT2D eigenvalue weighted by molar-refractivity contribution is -0.127. The number of hydrogen-bond donors (Lipinski definition) is 0. The minimum absolute atomic E-state index is 0.00727. The van der Waals surface area contributed by atoms with E-state index in [1.165, 1.54) is 28.3 Å². The van der Waals surface area contributed by atoms with Crippen LogP contribution in [0.2, 0.25) is 0 Å². The molecule has 0 radical (unpaired) electrons. The lowest BCUT2D eigenvalue weighted by Gasteiger charge is -2.35. The third kappa shape index (κ3) is 2.73. The van der Waals surface area contributed by atoms with Gasteiger partial charge in [0.15, 0.2) is 0 Å². The van der Waals surface area contributed by atoms with Crippen LogP contribution in [0.5, 0.6) is 0 Å². The van der Waals surface area contributed by atoms with Crippen LogP contribution in [0, 0.1) is 6.92 Å². The molecule has 22 heavy (non-hydrogen) atoms. The molecule has 1 amide bonds. The van der Waals surface area contributed by atoms with Gasteiger partial charge in [-0.25, -0.2) is 0 Å². The Labute approximate surface area is 139 Å². The number of halogens is 1. The maximum atomic E-state index is 12.1. The summed E-state index contributed by atoms with van der Waals surface area (Å²) >= 11 is 3.57. The highest BCUT2D eigenvalue weighted by Gasteiger charge is 2.29. The summed E-state index contributed by atoms with van der Waals surface area (Å²) in [5.74, 6) is 0.193. The minimum atomic E-state index is -0.00727. The Morgan fingerprint density at radius 2 is 2.05 bits per heavy atom. The van der Waals surface area contributed by atoms with E-state index in [0.29, 0.717) is 13.1 Å². The molecule has 3 rings (SSSR count). The molecule has 1 heterocycles. The third-order valence-corrected chi connectivity index (χ3v) is 4.79. The first kappa shape index (κ1) is 15.0. The van der Waals surface area contributed by atoms with E-state index in [1.807, 2.05) is 11.0 Å². The van der Waals surface area contributed by atoms with Crippen LogP contribution in [0.15, 0.2) is 59.6 Å². The second kappa shape index (κ2) is 6.09. The molecule has 0 unspecified atom stereocenters. The van der Waals surface area contributed by atoms with Crippen molar-refractivity contribution < 1.29 is 4.79 Å². The van der Waals surface area contributed by atoms with Crippen LogP contribution in [0.4, 0.5) is 0 Å². The number of fused-ring (bicyclic) bond motifs is 1. The number of benzene rings is 2. The fraction of sp³-hybridized carbons (Fsp3) is 0.211. The van der Waals surface area contributed by atoms with Crippen LogP contribution >= 0.6 is 15.9 Å². The number of nitrogens with zero attached hydrogens (tertiary/aromatic N) is 1. The highest BCUT2D eigenvalue weighted by atomic mass is 79.9. The molecule has 1 aliphatic heterocycles. The zero-order valence-electron chi connectivity index (χ0n) is 12.6. The molecule has 2 nitrogen and oxygen atoms in total. The number of hydrogen-bond acceptors (Lipinski definition) is 1. The van der Waals surface area contributed by atoms with E-state index >= 15 is 0 Å². The summed E-state index contributed by atoms with van der Waals surface area (Å²) in [5.41, 5.74) is 5.05. The first-order valence-corrected chi connectivity index (χ1v) is 8.14. The molecule has 0 bridgehead atoms. The van der Waals surface area contributed by atoms with Crippen molar-refractivity contribution in [1.82, 2.24) is 4.90 Å². The van der Waals surface area contributed by atoms with Gasteiger partial charge < -0.3 is 4.90 Å². The van der Waals surface area contributed by atoms with Gasteiger partial charge in [0, 0.05) is 23.5 Å². The molecule has 1 atom stereocenters. The second-order valence-electron chi connectivity index (χ2n) is 5.68. The van der Waals surface area contributed by atoms with Gasteiger partial charge in [-0.3, -0.25) is 4.79 Å². The molecule has 0 aliphatic carbocycles. The van der Waals surface area contributed by atoms with Crippen LogP contribution in [0.1, 0.15) is 28.2 Å². The summed E-state index contributed by atoms with van der Waals surface area (Å²) in [6, 6.07) is 14.7. The van der Waals surface area contributed by atoms with Gasteiger partial charge in [0.25, 0.3) is 0 Å². The van der Waals surface area contributed by atoms with Gasteiger partial charge >= 0.3 is 0 Å². The molecule has 2 aromatic carbocycles. The lowest BCUT2D eigenvalue weighted by Crippen LogP contribution is -2.37. The van der Waals surface area contributed by atoms with Crippen molar-refractivity contribution in [3.05, 3.63) is 81.8 Å². The molecule has 0 aromatic heterocycles. The molecule has 0 saturated heterocycles. The lowest BCUT2D eigenvalue weighted by atomic mass is 9.83. The normalized spacial score (nSPS) is 17.0. The van der Waals surface area contributed by atoms with E-state index in [9.17, 15) is 4.79 Å². The summed E-state index contributed by atoms with van der Waals surface area (Å²) in [6.07, 6.45) is 1.40. The average Bonchev–Trinajstić information content (AvgIpc) is 2.54. The Balaban J connectivity index is 2.11. The maximum absolute atomic E-state index is 12.1. The predicted molar refractivity (Wildman–Crippen MR) is 92.8 cm³/mol. The van der Waals surface area contributed by atoms with Gasteiger partial charge in [0.1, 0.15) is 0 Å². The Morgan fingerprint density at radius 3 is 2.77 bits per heavy atom. The fourth-order valence-electron chi connectivity index (χ4n) is 3.16. The first-order chi connectivity index (χ1) is 10.6. The summed E-state index contributed by atoms with van der Waals surface area (Å²) in [6.45, 7) is 7.09. The zero-order chi connectivity index (χ0) is 15.7. The SMILES string of the molecule is C=CC(=O)N1Cc2ccc(Br)cc2[C@H](c2ccccc2C)C1. The minimum Gasteiger partial charge on any atom is -0.334 e. The van der Waals surface area contributed by atoms with E-state index < -0.39 is 0 Å². The van der Waals surface area contributed by atoms with Gasteiger partial charge in [0.05, 0.1) is 0 Å². The first-order valence-electron chi connectivity index (χ1n) is 7.35. The molecule has 2 aromatic rings. The molecule has 0 fully saturated rings. The van der Waals surface area contributed by atoms with Gasteiger partial charge in [-0.2, -0.15) is 0 Å². The van der Waals surface area contributed by atoms with E-state index in [4.69, 9.17) is 0 Å². The Hall–Kier alpha value is -1.87. The molecular weight excluding hydrogens is 338 g/mol. The summed E-state index contributed by atoms with van der Waals surface area (Å²) in [7, 11) is 0. The van der Waals surface area contributed by atoms with Gasteiger partial charge in [-0.05, 0) is 47.4 Å². The van der Waals surface area contributed by atoms with E-state index in [0.717, 1.165) is 4.47 Å². The van der Waals surface area contributed by atoms with Crippen molar-refractivity contribution in [2.24, 2.45) is 0 Å². The van der Waals surface area contributed by atoms with Gasteiger partial charge in [0.2, 0.25) is 5.91 Å². The van der Waals surface area contributed by atoms with E-state index in [1.54, 1.807) is 0 Å². The number of carbonyl (C=O) groups is 1. The van der Waals surface area contributed by atoms with Crippen molar-refractivity contribution in [3.63, 3.8) is 0 Å². The molecule has 0 spiro atoms. The van der Waals surface area contributed by atoms with Crippen LogP contribution in [-0.2, 0) is 11.3 Å². The smallest absolute Gasteiger partial charge is 0.246 e. The summed E-state index contributed by atoms with van der Waals surface area (Å²) in [5, 5.41) is 0. The molecular formula is C19H18BrNO. The number of carbonyl (C=O) groups excluding carboxylic acids is 1. The highest BCUT2D eigenvalue weighted by molar-refractivity contribution is 9.10. The van der Waals surface area contributed by atoms with Gasteiger partial charge in [-0.1, -0.05) is 52.8 Å². The second-order valence-corrected chi connectivity index (χ2v) is 6.59. The van der Waals surface area contributed by atoms with Crippen molar-refractivity contribution in [3.8, 4) is 0 Å². The average molecular weight is 356 g/mol. The Kier molecular flexibility index (Phi) is 4.16. The van der Waals surface area contributed by atoms with Crippen molar-refractivity contribution in [2.45, 2.75) is 19.4 Å².